The van der Waals surface area contributed by atoms with E-state index in [0.717, 1.165) is 23.1 Å². The lowest BCUT2D eigenvalue weighted by molar-refractivity contribution is -0.118. The van der Waals surface area contributed by atoms with Gasteiger partial charge in [-0.15, -0.1) is 0 Å². The van der Waals surface area contributed by atoms with Crippen LogP contribution in [0.15, 0.2) is 22.7 Å². The molecule has 1 amide bonds. The molecule has 0 aromatic heterocycles. The van der Waals surface area contributed by atoms with E-state index < -0.39 is 0 Å². The van der Waals surface area contributed by atoms with Crippen LogP contribution in [0.3, 0.4) is 0 Å². The number of rotatable bonds is 2. The molecule has 0 atom stereocenters. The summed E-state index contributed by atoms with van der Waals surface area (Å²) >= 11 is 3.42. The number of halogens is 1. The Morgan fingerprint density at radius 1 is 1.53 bits per heavy atom. The van der Waals surface area contributed by atoms with E-state index in [1.165, 1.54) is 5.56 Å². The summed E-state index contributed by atoms with van der Waals surface area (Å²) < 4.78 is 1.01. The molecule has 80 valence electrons. The van der Waals surface area contributed by atoms with Gasteiger partial charge in [0.1, 0.15) is 0 Å². The topological polar surface area (TPSA) is 46.3 Å². The third kappa shape index (κ3) is 2.06. The highest BCUT2D eigenvalue weighted by Gasteiger charge is 2.23. The summed E-state index contributed by atoms with van der Waals surface area (Å²) in [5, 5.41) is 0. The van der Waals surface area contributed by atoms with Crippen molar-refractivity contribution in [3.05, 3.63) is 28.2 Å². The Labute approximate surface area is 97.4 Å². The number of amides is 1. The molecule has 1 aliphatic rings. The van der Waals surface area contributed by atoms with Crippen LogP contribution >= 0.6 is 15.9 Å². The molecule has 0 saturated heterocycles. The molecule has 0 unspecified atom stereocenters. The van der Waals surface area contributed by atoms with Gasteiger partial charge >= 0.3 is 0 Å². The Morgan fingerprint density at radius 3 is 3.07 bits per heavy atom. The molecule has 3 nitrogen and oxygen atoms in total. The predicted molar refractivity (Wildman–Crippen MR) is 63.9 cm³/mol. The van der Waals surface area contributed by atoms with Gasteiger partial charge in [-0.3, -0.25) is 4.79 Å². The van der Waals surface area contributed by atoms with Crippen molar-refractivity contribution in [1.82, 2.24) is 0 Å². The van der Waals surface area contributed by atoms with E-state index in [9.17, 15) is 4.79 Å². The Morgan fingerprint density at radius 2 is 2.33 bits per heavy atom. The van der Waals surface area contributed by atoms with E-state index in [-0.39, 0.29) is 5.91 Å². The number of carbonyl (C=O) groups is 1. The molecule has 2 N–H and O–H groups in total. The van der Waals surface area contributed by atoms with E-state index in [0.29, 0.717) is 13.0 Å². The average Bonchev–Trinajstić information content (AvgIpc) is 2.60. The Hall–Kier alpha value is -0.870. The second kappa shape index (κ2) is 4.33. The third-order valence-electron chi connectivity index (χ3n) is 2.60. The molecule has 0 radical (unpaired) electrons. The fraction of sp³-hybridized carbons (Fsp3) is 0.364. The highest BCUT2D eigenvalue weighted by Crippen LogP contribution is 2.31. The summed E-state index contributed by atoms with van der Waals surface area (Å²) in [5.41, 5.74) is 7.66. The fourth-order valence-electron chi connectivity index (χ4n) is 1.87. The standard InChI is InChI=1S/C11H13BrN2O/c12-9-2-1-8-4-6-14(10(8)7-9)11(15)3-5-13/h1-2,7H,3-6,13H2. The SMILES string of the molecule is NCCC(=O)N1CCc2ccc(Br)cc21. The number of hydrogen-bond acceptors (Lipinski definition) is 2. The minimum absolute atomic E-state index is 0.120. The Balaban J connectivity index is 2.27. The predicted octanol–water partition coefficient (Wildman–Crippen LogP) is 1.69. The summed E-state index contributed by atoms with van der Waals surface area (Å²) in [6, 6.07) is 6.07. The first-order chi connectivity index (χ1) is 7.22. The lowest BCUT2D eigenvalue weighted by Crippen LogP contribution is -2.30. The molecular formula is C11H13BrN2O. The molecule has 0 aliphatic carbocycles. The zero-order chi connectivity index (χ0) is 10.8. The van der Waals surface area contributed by atoms with Crippen molar-refractivity contribution in [2.45, 2.75) is 12.8 Å². The summed E-state index contributed by atoms with van der Waals surface area (Å²) in [5.74, 6) is 0.120. The van der Waals surface area contributed by atoms with Gasteiger partial charge in [-0.05, 0) is 24.1 Å². The van der Waals surface area contributed by atoms with Crippen LogP contribution in [0.25, 0.3) is 0 Å². The molecule has 1 aromatic carbocycles. The van der Waals surface area contributed by atoms with Crippen LogP contribution in [-0.2, 0) is 11.2 Å². The molecule has 2 rings (SSSR count). The third-order valence-corrected chi connectivity index (χ3v) is 3.10. The number of anilines is 1. The number of nitrogens with zero attached hydrogens (tertiary/aromatic N) is 1. The summed E-state index contributed by atoms with van der Waals surface area (Å²) in [6.45, 7) is 1.20. The highest BCUT2D eigenvalue weighted by atomic mass is 79.9. The van der Waals surface area contributed by atoms with E-state index in [1.54, 1.807) is 0 Å². The number of hydrogen-bond donors (Lipinski definition) is 1. The summed E-state index contributed by atoms with van der Waals surface area (Å²) in [6.07, 6.45) is 1.37. The van der Waals surface area contributed by atoms with Crippen LogP contribution in [-0.4, -0.2) is 19.0 Å². The maximum atomic E-state index is 11.7. The van der Waals surface area contributed by atoms with Crippen LogP contribution in [0.1, 0.15) is 12.0 Å². The van der Waals surface area contributed by atoms with Gasteiger partial charge in [0.25, 0.3) is 0 Å². The number of nitrogens with two attached hydrogens (primary N) is 1. The monoisotopic (exact) mass is 268 g/mol. The van der Waals surface area contributed by atoms with Gasteiger partial charge in [-0.2, -0.15) is 0 Å². The normalized spacial score (nSPS) is 14.1. The van der Waals surface area contributed by atoms with Crippen molar-refractivity contribution in [2.75, 3.05) is 18.0 Å². The number of carbonyl (C=O) groups excluding carboxylic acids is 1. The van der Waals surface area contributed by atoms with E-state index in [2.05, 4.69) is 22.0 Å². The smallest absolute Gasteiger partial charge is 0.228 e. The van der Waals surface area contributed by atoms with Crippen molar-refractivity contribution >= 4 is 27.5 Å². The molecular weight excluding hydrogens is 256 g/mol. The van der Waals surface area contributed by atoms with Crippen molar-refractivity contribution in [2.24, 2.45) is 5.73 Å². The van der Waals surface area contributed by atoms with Gasteiger partial charge in [0.05, 0.1) is 0 Å². The van der Waals surface area contributed by atoms with E-state index >= 15 is 0 Å². The first-order valence-corrected chi connectivity index (χ1v) is 5.80. The van der Waals surface area contributed by atoms with Gasteiger partial charge in [0, 0.05) is 29.7 Å². The van der Waals surface area contributed by atoms with E-state index in [1.807, 2.05) is 17.0 Å². The van der Waals surface area contributed by atoms with Crippen molar-refractivity contribution in [3.63, 3.8) is 0 Å². The van der Waals surface area contributed by atoms with Gasteiger partial charge in [-0.1, -0.05) is 22.0 Å². The minimum atomic E-state index is 0.120. The fourth-order valence-corrected chi connectivity index (χ4v) is 2.22. The summed E-state index contributed by atoms with van der Waals surface area (Å²) in [4.78, 5) is 13.6. The molecule has 0 fully saturated rings. The quantitative estimate of drug-likeness (QED) is 0.888. The van der Waals surface area contributed by atoms with Crippen molar-refractivity contribution in [3.8, 4) is 0 Å². The van der Waals surface area contributed by atoms with Crippen LogP contribution in [0.2, 0.25) is 0 Å². The second-order valence-electron chi connectivity index (χ2n) is 3.61. The van der Waals surface area contributed by atoms with Crippen LogP contribution in [0.5, 0.6) is 0 Å². The molecule has 1 aliphatic heterocycles. The maximum Gasteiger partial charge on any atom is 0.228 e. The average molecular weight is 269 g/mol. The molecule has 4 heteroatoms. The molecule has 15 heavy (non-hydrogen) atoms. The maximum absolute atomic E-state index is 11.7. The zero-order valence-electron chi connectivity index (χ0n) is 8.37. The lowest BCUT2D eigenvalue weighted by Gasteiger charge is -2.16. The molecule has 0 bridgehead atoms. The van der Waals surface area contributed by atoms with Gasteiger partial charge < -0.3 is 10.6 Å². The molecule has 0 spiro atoms. The Bertz CT molecular complexity index is 392. The summed E-state index contributed by atoms with van der Waals surface area (Å²) in [7, 11) is 0. The van der Waals surface area contributed by atoms with Crippen LogP contribution < -0.4 is 10.6 Å². The van der Waals surface area contributed by atoms with Crippen LogP contribution in [0.4, 0.5) is 5.69 Å². The minimum Gasteiger partial charge on any atom is -0.330 e. The van der Waals surface area contributed by atoms with Crippen LogP contribution in [0, 0.1) is 0 Å². The molecule has 1 aromatic rings. The molecule has 1 heterocycles. The zero-order valence-corrected chi connectivity index (χ0v) is 9.96. The largest absolute Gasteiger partial charge is 0.330 e. The van der Waals surface area contributed by atoms with Crippen molar-refractivity contribution < 1.29 is 4.79 Å². The lowest BCUT2D eigenvalue weighted by atomic mass is 10.2. The first-order valence-electron chi connectivity index (χ1n) is 5.01. The molecule has 0 saturated carbocycles. The number of fused-ring (bicyclic) bond motifs is 1. The second-order valence-corrected chi connectivity index (χ2v) is 4.52. The number of benzene rings is 1. The van der Waals surface area contributed by atoms with Gasteiger partial charge in [-0.25, -0.2) is 0 Å². The Kier molecular flexibility index (Phi) is 3.07. The first kappa shape index (κ1) is 10.6. The van der Waals surface area contributed by atoms with Gasteiger partial charge in [0.2, 0.25) is 5.91 Å². The van der Waals surface area contributed by atoms with Gasteiger partial charge in [0.15, 0.2) is 0 Å². The van der Waals surface area contributed by atoms with E-state index in [4.69, 9.17) is 5.73 Å². The highest BCUT2D eigenvalue weighted by molar-refractivity contribution is 9.10. The van der Waals surface area contributed by atoms with Crippen molar-refractivity contribution in [1.29, 1.82) is 0 Å².